The van der Waals surface area contributed by atoms with Gasteiger partial charge in [-0.05, 0) is 12.3 Å². The maximum Gasteiger partial charge on any atom is 0.264 e. The van der Waals surface area contributed by atoms with E-state index in [-0.39, 0.29) is 5.75 Å². The van der Waals surface area contributed by atoms with Gasteiger partial charge in [-0.1, -0.05) is 51.7 Å². The van der Waals surface area contributed by atoms with E-state index < -0.39 is 10.1 Å². The molecule has 0 saturated heterocycles. The van der Waals surface area contributed by atoms with Crippen LogP contribution >= 0.6 is 0 Å². The summed E-state index contributed by atoms with van der Waals surface area (Å²) < 4.78 is 29.1. The summed E-state index contributed by atoms with van der Waals surface area (Å²) >= 11 is 0. The van der Waals surface area contributed by atoms with Gasteiger partial charge in [-0.3, -0.25) is 4.55 Å². The Bertz CT molecular complexity index is 316. The minimum Gasteiger partial charge on any atom is -0.310 e. The molecule has 20 heavy (non-hydrogen) atoms. The van der Waals surface area contributed by atoms with Crippen molar-refractivity contribution in [2.24, 2.45) is 5.92 Å². The third-order valence-corrected chi connectivity index (χ3v) is 3.32. The van der Waals surface area contributed by atoms with E-state index in [1.54, 1.807) is 0 Å². The lowest BCUT2D eigenvalue weighted by molar-refractivity contribution is 0.476. The number of rotatable bonds is 11. The van der Waals surface area contributed by atoms with Crippen LogP contribution in [0.15, 0.2) is 25.3 Å². The van der Waals surface area contributed by atoms with Crippen molar-refractivity contribution in [1.82, 2.24) is 5.32 Å². The number of unbranched alkanes of at least 4 members (excludes halogenated alkanes) is 3. The summed E-state index contributed by atoms with van der Waals surface area (Å²) in [5, 5.41) is 3.05. The van der Waals surface area contributed by atoms with E-state index >= 15 is 0 Å². The summed E-state index contributed by atoms with van der Waals surface area (Å²) in [4.78, 5) is 0. The Kier molecular flexibility index (Phi) is 16.0. The summed E-state index contributed by atoms with van der Waals surface area (Å²) in [6, 6.07) is 0. The second kappa shape index (κ2) is 14.8. The second-order valence-electron chi connectivity index (χ2n) is 5.12. The van der Waals surface area contributed by atoms with Gasteiger partial charge in [-0.15, -0.1) is 13.2 Å². The Labute approximate surface area is 125 Å². The van der Waals surface area contributed by atoms with Crippen molar-refractivity contribution in [2.45, 2.75) is 46.0 Å². The molecule has 0 aromatic heterocycles. The number of hydrogen-bond acceptors (Lipinski definition) is 3. The molecule has 0 rings (SSSR count). The normalized spacial score (nSPS) is 10.8. The first-order valence-corrected chi connectivity index (χ1v) is 8.82. The predicted molar refractivity (Wildman–Crippen MR) is 87.6 cm³/mol. The Hall–Kier alpha value is -0.650. The first kappa shape index (κ1) is 21.6. The van der Waals surface area contributed by atoms with E-state index in [4.69, 9.17) is 4.55 Å². The molecule has 5 heteroatoms. The van der Waals surface area contributed by atoms with Crippen molar-refractivity contribution >= 4 is 10.1 Å². The fourth-order valence-electron chi connectivity index (χ4n) is 1.48. The van der Waals surface area contributed by atoms with Crippen LogP contribution in [0.2, 0.25) is 0 Å². The van der Waals surface area contributed by atoms with Gasteiger partial charge in [0.25, 0.3) is 10.1 Å². The van der Waals surface area contributed by atoms with Gasteiger partial charge in [0.1, 0.15) is 0 Å². The predicted octanol–water partition coefficient (Wildman–Crippen LogP) is 3.43. The van der Waals surface area contributed by atoms with Gasteiger partial charge in [-0.2, -0.15) is 8.42 Å². The van der Waals surface area contributed by atoms with Crippen LogP contribution in [-0.2, 0) is 10.1 Å². The van der Waals surface area contributed by atoms with Crippen LogP contribution in [0.1, 0.15) is 46.0 Å². The highest BCUT2D eigenvalue weighted by atomic mass is 32.2. The minimum atomic E-state index is -3.73. The average molecular weight is 305 g/mol. The Balaban J connectivity index is 0. The maximum absolute atomic E-state index is 10.3. The second-order valence-corrected chi connectivity index (χ2v) is 6.69. The van der Waals surface area contributed by atoms with Crippen LogP contribution in [0, 0.1) is 5.92 Å². The molecule has 0 aliphatic rings. The molecular formula is C15H31NO3S. The standard InChI is InChI=1S/C9H20O3S.C6H11N/c1-9(2)7-5-3-4-6-8-13(10,11)12;1-3-5-7-6-4-2/h9H,3-8H2,1-2H3,(H,10,11,12);3-4,7H,1-2,5-6H2. The smallest absolute Gasteiger partial charge is 0.264 e. The molecule has 4 nitrogen and oxygen atoms in total. The fourth-order valence-corrected chi connectivity index (χ4v) is 2.05. The lowest BCUT2D eigenvalue weighted by atomic mass is 10.0. The van der Waals surface area contributed by atoms with Gasteiger partial charge in [0.2, 0.25) is 0 Å². The molecule has 0 radical (unpaired) electrons. The molecule has 0 fully saturated rings. The van der Waals surface area contributed by atoms with Crippen LogP contribution in [0.5, 0.6) is 0 Å². The van der Waals surface area contributed by atoms with Crippen LogP contribution in [0.3, 0.4) is 0 Å². The Morgan fingerprint density at radius 1 is 1.05 bits per heavy atom. The molecule has 0 spiro atoms. The average Bonchev–Trinajstić information content (AvgIpc) is 2.33. The summed E-state index contributed by atoms with van der Waals surface area (Å²) in [6.45, 7) is 13.2. The van der Waals surface area contributed by atoms with Crippen molar-refractivity contribution in [2.75, 3.05) is 18.8 Å². The Morgan fingerprint density at radius 3 is 1.95 bits per heavy atom. The molecule has 0 amide bonds. The topological polar surface area (TPSA) is 66.4 Å². The van der Waals surface area contributed by atoms with Gasteiger partial charge in [0, 0.05) is 13.1 Å². The van der Waals surface area contributed by atoms with Gasteiger partial charge in [-0.25, -0.2) is 0 Å². The zero-order valence-electron chi connectivity index (χ0n) is 13.0. The van der Waals surface area contributed by atoms with Gasteiger partial charge in [0.05, 0.1) is 5.75 Å². The van der Waals surface area contributed by atoms with Gasteiger partial charge >= 0.3 is 0 Å². The summed E-state index contributed by atoms with van der Waals surface area (Å²) in [7, 11) is -3.73. The molecule has 2 N–H and O–H groups in total. The zero-order valence-corrected chi connectivity index (χ0v) is 13.8. The molecule has 0 aromatic rings. The summed E-state index contributed by atoms with van der Waals surface area (Å²) in [6.07, 6.45) is 8.54. The van der Waals surface area contributed by atoms with E-state index in [1.165, 1.54) is 6.42 Å². The molecule has 0 bridgehead atoms. The van der Waals surface area contributed by atoms with Crippen molar-refractivity contribution < 1.29 is 13.0 Å². The van der Waals surface area contributed by atoms with Gasteiger partial charge in [0.15, 0.2) is 0 Å². The quantitative estimate of drug-likeness (QED) is 0.349. The highest BCUT2D eigenvalue weighted by molar-refractivity contribution is 7.85. The number of hydrogen-bond donors (Lipinski definition) is 2. The van der Waals surface area contributed by atoms with E-state index in [1.807, 2.05) is 12.2 Å². The van der Waals surface area contributed by atoms with E-state index in [9.17, 15) is 8.42 Å². The Morgan fingerprint density at radius 2 is 1.55 bits per heavy atom. The highest BCUT2D eigenvalue weighted by Gasteiger charge is 2.02. The van der Waals surface area contributed by atoms with E-state index in [2.05, 4.69) is 32.3 Å². The van der Waals surface area contributed by atoms with Crippen LogP contribution in [0.25, 0.3) is 0 Å². The summed E-state index contributed by atoms with van der Waals surface area (Å²) in [5.74, 6) is 0.635. The van der Waals surface area contributed by atoms with Crippen molar-refractivity contribution in [3.8, 4) is 0 Å². The van der Waals surface area contributed by atoms with Crippen molar-refractivity contribution in [3.05, 3.63) is 25.3 Å². The molecule has 0 aliphatic heterocycles. The van der Waals surface area contributed by atoms with Crippen LogP contribution < -0.4 is 5.32 Å². The molecule has 0 unspecified atom stereocenters. The lowest BCUT2D eigenvalue weighted by Crippen LogP contribution is -2.11. The van der Waals surface area contributed by atoms with E-state index in [0.29, 0.717) is 6.42 Å². The van der Waals surface area contributed by atoms with Crippen molar-refractivity contribution in [1.29, 1.82) is 0 Å². The number of nitrogens with one attached hydrogen (secondary N) is 1. The maximum atomic E-state index is 10.3. The molecule has 0 aromatic carbocycles. The first-order valence-electron chi connectivity index (χ1n) is 7.21. The largest absolute Gasteiger partial charge is 0.310 e. The zero-order chi connectivity index (χ0) is 15.9. The molecular weight excluding hydrogens is 274 g/mol. The molecule has 0 atom stereocenters. The monoisotopic (exact) mass is 305 g/mol. The minimum absolute atomic E-state index is 0.0886. The lowest BCUT2D eigenvalue weighted by Gasteiger charge is -2.03. The van der Waals surface area contributed by atoms with Crippen LogP contribution in [0.4, 0.5) is 0 Å². The molecule has 0 aliphatic carbocycles. The molecule has 0 heterocycles. The first-order chi connectivity index (χ1) is 9.33. The molecule has 0 saturated carbocycles. The third-order valence-electron chi connectivity index (χ3n) is 2.51. The van der Waals surface area contributed by atoms with E-state index in [0.717, 1.165) is 38.3 Å². The van der Waals surface area contributed by atoms with Gasteiger partial charge < -0.3 is 5.32 Å². The molecule has 120 valence electrons. The summed E-state index contributed by atoms with van der Waals surface area (Å²) in [5.41, 5.74) is 0. The highest BCUT2D eigenvalue weighted by Crippen LogP contribution is 2.09. The fraction of sp³-hybridized carbons (Fsp3) is 0.733. The van der Waals surface area contributed by atoms with Crippen LogP contribution in [-0.4, -0.2) is 31.8 Å². The van der Waals surface area contributed by atoms with Crippen molar-refractivity contribution in [3.63, 3.8) is 0 Å². The SMILES string of the molecule is C=CCNCC=C.CC(C)CCCCCCS(=O)(=O)O. The third kappa shape index (κ3) is 26.0.